The van der Waals surface area contributed by atoms with E-state index in [-0.39, 0.29) is 23.7 Å². The van der Waals surface area contributed by atoms with Gasteiger partial charge < -0.3 is 4.42 Å². The van der Waals surface area contributed by atoms with Gasteiger partial charge in [-0.1, -0.05) is 18.2 Å². The molecule has 122 valence electrons. The quantitative estimate of drug-likeness (QED) is 0.712. The van der Waals surface area contributed by atoms with E-state index in [2.05, 4.69) is 4.98 Å². The fourth-order valence-electron chi connectivity index (χ4n) is 2.70. The van der Waals surface area contributed by atoms with E-state index < -0.39 is 21.7 Å². The Morgan fingerprint density at radius 1 is 1.21 bits per heavy atom. The summed E-state index contributed by atoms with van der Waals surface area (Å²) in [5, 5.41) is 0. The van der Waals surface area contributed by atoms with Gasteiger partial charge in [0.1, 0.15) is 17.9 Å². The van der Waals surface area contributed by atoms with Crippen molar-refractivity contribution in [2.24, 2.45) is 0 Å². The maximum atomic E-state index is 13.2. The second-order valence-electron chi connectivity index (χ2n) is 5.44. The molecule has 0 spiro atoms. The van der Waals surface area contributed by atoms with Crippen LogP contribution in [-0.2, 0) is 22.3 Å². The van der Waals surface area contributed by atoms with Gasteiger partial charge in [-0.25, -0.2) is 22.1 Å². The second kappa shape index (κ2) is 5.13. The Kier molecular flexibility index (Phi) is 3.17. The molecule has 3 aromatic rings. The van der Waals surface area contributed by atoms with Crippen molar-refractivity contribution in [3.8, 4) is 0 Å². The lowest BCUT2D eigenvalue weighted by Crippen LogP contribution is -2.41. The first-order valence-corrected chi connectivity index (χ1v) is 8.72. The molecule has 2 aromatic carbocycles. The number of hydrogen-bond donors (Lipinski definition) is 0. The minimum atomic E-state index is -3.82. The van der Waals surface area contributed by atoms with Gasteiger partial charge in [0.05, 0.1) is 5.75 Å². The summed E-state index contributed by atoms with van der Waals surface area (Å²) in [4.78, 5) is 16.6. The Morgan fingerprint density at radius 3 is 2.83 bits per heavy atom. The predicted molar refractivity (Wildman–Crippen MR) is 82.9 cm³/mol. The molecular formula is C16H11FN2O4S. The predicted octanol–water partition coefficient (Wildman–Crippen LogP) is 2.45. The number of nitrogens with zero attached hydrogens (tertiary/aromatic N) is 2. The highest BCUT2D eigenvalue weighted by atomic mass is 32.2. The number of carbonyl (C=O) groups is 1. The molecule has 8 heteroatoms. The van der Waals surface area contributed by atoms with Crippen LogP contribution in [0, 0.1) is 5.82 Å². The van der Waals surface area contributed by atoms with Crippen molar-refractivity contribution in [1.29, 1.82) is 0 Å². The van der Waals surface area contributed by atoms with E-state index in [9.17, 15) is 17.6 Å². The Bertz CT molecular complexity index is 1070. The van der Waals surface area contributed by atoms with Crippen molar-refractivity contribution >= 4 is 27.0 Å². The summed E-state index contributed by atoms with van der Waals surface area (Å²) in [5.74, 6) is -1.32. The largest absolute Gasteiger partial charge is 0.439 e. The molecule has 4 rings (SSSR count). The van der Waals surface area contributed by atoms with Crippen LogP contribution >= 0.6 is 0 Å². The molecule has 1 aliphatic heterocycles. The van der Waals surface area contributed by atoms with Crippen molar-refractivity contribution in [2.45, 2.75) is 12.3 Å². The van der Waals surface area contributed by atoms with Gasteiger partial charge in [-0.15, -0.1) is 0 Å². The molecule has 1 amide bonds. The number of hydrogen-bond acceptors (Lipinski definition) is 5. The van der Waals surface area contributed by atoms with Gasteiger partial charge in [-0.3, -0.25) is 4.79 Å². The SMILES string of the molecule is O=C1c2ccccc2CS(=O)(=O)N1Cc1nc2cc(F)ccc2o1. The zero-order valence-electron chi connectivity index (χ0n) is 12.3. The number of rotatable bonds is 2. The third-order valence-electron chi connectivity index (χ3n) is 3.82. The Morgan fingerprint density at radius 2 is 2.00 bits per heavy atom. The molecular weight excluding hydrogens is 335 g/mol. The fourth-order valence-corrected chi connectivity index (χ4v) is 4.16. The number of carbonyl (C=O) groups excluding carboxylic acids is 1. The van der Waals surface area contributed by atoms with E-state index >= 15 is 0 Å². The number of aromatic nitrogens is 1. The molecule has 0 radical (unpaired) electrons. The fraction of sp³-hybridized carbons (Fsp3) is 0.125. The highest BCUT2D eigenvalue weighted by Gasteiger charge is 2.36. The molecule has 2 heterocycles. The molecule has 0 saturated carbocycles. The van der Waals surface area contributed by atoms with Crippen LogP contribution < -0.4 is 0 Å². The minimum absolute atomic E-state index is 0.0342. The van der Waals surface area contributed by atoms with Crippen molar-refractivity contribution in [3.63, 3.8) is 0 Å². The molecule has 0 fully saturated rings. The van der Waals surface area contributed by atoms with E-state index in [0.717, 1.165) is 4.31 Å². The van der Waals surface area contributed by atoms with Gasteiger partial charge in [0, 0.05) is 11.6 Å². The molecule has 0 saturated heterocycles. The van der Waals surface area contributed by atoms with Crippen LogP contribution in [0.15, 0.2) is 46.9 Å². The molecule has 6 nitrogen and oxygen atoms in total. The lowest BCUT2D eigenvalue weighted by Gasteiger charge is -2.26. The van der Waals surface area contributed by atoms with Crippen molar-refractivity contribution in [2.75, 3.05) is 0 Å². The van der Waals surface area contributed by atoms with Crippen LogP contribution in [0.5, 0.6) is 0 Å². The monoisotopic (exact) mass is 346 g/mol. The molecule has 1 aromatic heterocycles. The van der Waals surface area contributed by atoms with Crippen LogP contribution in [0.1, 0.15) is 21.8 Å². The van der Waals surface area contributed by atoms with Gasteiger partial charge in [0.15, 0.2) is 5.58 Å². The highest BCUT2D eigenvalue weighted by Crippen LogP contribution is 2.27. The number of amides is 1. The van der Waals surface area contributed by atoms with E-state index in [0.29, 0.717) is 16.7 Å². The zero-order valence-corrected chi connectivity index (χ0v) is 13.1. The summed E-state index contributed by atoms with van der Waals surface area (Å²) in [6.07, 6.45) is 0. The van der Waals surface area contributed by atoms with Gasteiger partial charge in [-0.2, -0.15) is 0 Å². The van der Waals surface area contributed by atoms with E-state index in [4.69, 9.17) is 4.42 Å². The maximum Gasteiger partial charge on any atom is 0.268 e. The van der Waals surface area contributed by atoms with E-state index in [1.165, 1.54) is 18.2 Å². The van der Waals surface area contributed by atoms with Crippen LogP contribution in [0.3, 0.4) is 0 Å². The molecule has 0 N–H and O–H groups in total. The van der Waals surface area contributed by atoms with E-state index in [1.54, 1.807) is 24.3 Å². The first-order chi connectivity index (χ1) is 11.4. The van der Waals surface area contributed by atoms with Gasteiger partial charge >= 0.3 is 0 Å². The third kappa shape index (κ3) is 2.35. The normalized spacial score (nSPS) is 16.4. The lowest BCUT2D eigenvalue weighted by molar-refractivity contribution is 0.0841. The standard InChI is InChI=1S/C16H11FN2O4S/c17-11-5-6-14-13(7-11)18-15(23-14)8-19-16(20)12-4-2-1-3-10(12)9-24(19,21)22/h1-7H,8-9H2. The smallest absolute Gasteiger partial charge is 0.268 e. The average Bonchev–Trinajstić information content (AvgIpc) is 2.92. The van der Waals surface area contributed by atoms with Gasteiger partial charge in [0.25, 0.3) is 5.91 Å². The van der Waals surface area contributed by atoms with Crippen LogP contribution in [0.4, 0.5) is 4.39 Å². The van der Waals surface area contributed by atoms with Crippen LogP contribution in [-0.4, -0.2) is 23.6 Å². The summed E-state index contributed by atoms with van der Waals surface area (Å²) in [7, 11) is -3.82. The Balaban J connectivity index is 1.73. The first-order valence-electron chi connectivity index (χ1n) is 7.12. The van der Waals surface area contributed by atoms with E-state index in [1.807, 2.05) is 0 Å². The summed E-state index contributed by atoms with van der Waals surface area (Å²) < 4.78 is 44.2. The first kappa shape index (κ1) is 14.8. The van der Waals surface area contributed by atoms with Gasteiger partial charge in [-0.05, 0) is 23.8 Å². The number of sulfonamides is 1. The molecule has 0 bridgehead atoms. The van der Waals surface area contributed by atoms with Crippen LogP contribution in [0.2, 0.25) is 0 Å². The zero-order chi connectivity index (χ0) is 16.9. The average molecular weight is 346 g/mol. The summed E-state index contributed by atoms with van der Waals surface area (Å²) in [6, 6.07) is 10.4. The third-order valence-corrected chi connectivity index (χ3v) is 5.46. The highest BCUT2D eigenvalue weighted by molar-refractivity contribution is 7.89. The summed E-state index contributed by atoms with van der Waals surface area (Å²) in [6.45, 7) is -0.328. The van der Waals surface area contributed by atoms with Crippen LogP contribution in [0.25, 0.3) is 11.1 Å². The Hall–Kier alpha value is -2.74. The summed E-state index contributed by atoms with van der Waals surface area (Å²) in [5.41, 5.74) is 1.41. The van der Waals surface area contributed by atoms with Crippen molar-refractivity contribution in [1.82, 2.24) is 9.29 Å². The number of halogens is 1. The second-order valence-corrected chi connectivity index (χ2v) is 7.34. The lowest BCUT2D eigenvalue weighted by atomic mass is 10.1. The molecule has 0 atom stereocenters. The Labute approximate surface area is 136 Å². The molecule has 0 unspecified atom stereocenters. The topological polar surface area (TPSA) is 80.5 Å². The molecule has 0 aliphatic carbocycles. The van der Waals surface area contributed by atoms with Crippen molar-refractivity contribution in [3.05, 3.63) is 65.3 Å². The van der Waals surface area contributed by atoms with Gasteiger partial charge in [0.2, 0.25) is 15.9 Å². The number of benzene rings is 2. The van der Waals surface area contributed by atoms with Crippen molar-refractivity contribution < 1.29 is 22.0 Å². The molecule has 24 heavy (non-hydrogen) atoms. The summed E-state index contributed by atoms with van der Waals surface area (Å²) >= 11 is 0. The maximum absolute atomic E-state index is 13.2. The number of fused-ring (bicyclic) bond motifs is 2. The minimum Gasteiger partial charge on any atom is -0.439 e. The molecule has 1 aliphatic rings. The number of oxazole rings is 1.